The fraction of sp³-hybridized carbons (Fsp3) is 0.945. The van der Waals surface area contributed by atoms with Gasteiger partial charge in [0.1, 0.15) is 19.8 Å². The molecule has 6 heteroatoms. The van der Waals surface area contributed by atoms with Crippen molar-refractivity contribution in [1.29, 1.82) is 0 Å². The molecule has 6 nitrogen and oxygen atoms in total. The third kappa shape index (κ3) is 49.3. The van der Waals surface area contributed by atoms with Gasteiger partial charge in [-0.05, 0) is 19.3 Å². The topological polar surface area (TPSA) is 78.9 Å². The summed E-state index contributed by atoms with van der Waals surface area (Å²) >= 11 is 0. The van der Waals surface area contributed by atoms with Gasteiger partial charge in [-0.25, -0.2) is 0 Å². The molecular weight excluding hydrogens is 757 g/mol. The van der Waals surface area contributed by atoms with Crippen LogP contribution in [-0.4, -0.2) is 37.7 Å². The third-order valence-electron chi connectivity index (χ3n) is 12.6. The molecule has 0 saturated heterocycles. The number of unbranched alkanes of at least 4 members (excludes halogenated alkanes) is 39. The van der Waals surface area contributed by atoms with Crippen LogP contribution in [0.25, 0.3) is 0 Å². The standard InChI is InChI=1S/C55H106O6/c1-4-7-10-13-16-19-22-25-28-31-34-37-40-43-46-53(56)59-49-52(50-60-54(57)47-44-41-38-35-32-29-26-23-20-17-14-11-8-5-2)51-61-55(58)48-45-42-39-36-33-30-27-24-21-18-15-12-9-6-3/h52H,4-51H2,1-3H3. The molecule has 0 heterocycles. The van der Waals surface area contributed by atoms with Crippen LogP contribution in [0.15, 0.2) is 0 Å². The monoisotopic (exact) mass is 863 g/mol. The van der Waals surface area contributed by atoms with Crippen molar-refractivity contribution in [2.45, 2.75) is 310 Å². The van der Waals surface area contributed by atoms with Gasteiger partial charge in [0.15, 0.2) is 0 Å². The van der Waals surface area contributed by atoms with Crippen LogP contribution in [0.5, 0.6) is 0 Å². The fourth-order valence-electron chi connectivity index (χ4n) is 8.38. The Bertz CT molecular complexity index is 791. The summed E-state index contributed by atoms with van der Waals surface area (Å²) in [5, 5.41) is 0. The summed E-state index contributed by atoms with van der Waals surface area (Å²) in [6, 6.07) is 0. The zero-order chi connectivity index (χ0) is 44.4. The first-order valence-electron chi connectivity index (χ1n) is 27.5. The lowest BCUT2D eigenvalue weighted by Gasteiger charge is -2.17. The number of carbonyl (C=O) groups excluding carboxylic acids is 3. The maximum absolute atomic E-state index is 12.6. The van der Waals surface area contributed by atoms with Gasteiger partial charge in [0, 0.05) is 19.3 Å². The van der Waals surface area contributed by atoms with Crippen LogP contribution in [0.2, 0.25) is 0 Å². The molecular formula is C55H106O6. The first kappa shape index (κ1) is 59.4. The summed E-state index contributed by atoms with van der Waals surface area (Å²) in [4.78, 5) is 37.9. The first-order valence-corrected chi connectivity index (χ1v) is 27.5. The van der Waals surface area contributed by atoms with Crippen LogP contribution in [0.1, 0.15) is 310 Å². The molecule has 0 unspecified atom stereocenters. The number of carbonyl (C=O) groups is 3. The van der Waals surface area contributed by atoms with Crippen molar-refractivity contribution in [2.24, 2.45) is 5.92 Å². The zero-order valence-electron chi connectivity index (χ0n) is 41.5. The van der Waals surface area contributed by atoms with Gasteiger partial charge < -0.3 is 14.2 Å². The van der Waals surface area contributed by atoms with Crippen LogP contribution < -0.4 is 0 Å². The van der Waals surface area contributed by atoms with E-state index in [0.29, 0.717) is 19.3 Å². The fourth-order valence-corrected chi connectivity index (χ4v) is 8.38. The molecule has 0 aromatic carbocycles. The van der Waals surface area contributed by atoms with E-state index >= 15 is 0 Å². The van der Waals surface area contributed by atoms with E-state index in [1.54, 1.807) is 0 Å². The summed E-state index contributed by atoms with van der Waals surface area (Å²) < 4.78 is 16.9. The first-order chi connectivity index (χ1) is 30.0. The molecule has 61 heavy (non-hydrogen) atoms. The Kier molecular flexibility index (Phi) is 49.7. The van der Waals surface area contributed by atoms with Gasteiger partial charge in [-0.2, -0.15) is 0 Å². The van der Waals surface area contributed by atoms with E-state index in [1.165, 1.54) is 212 Å². The SMILES string of the molecule is CCCCCCCCCCCCCCCCC(=O)OCC(COC(=O)CCCCCCCCCCCCCCCC)COC(=O)CCCCCCCCCCCCCCCC. The number of hydrogen-bond acceptors (Lipinski definition) is 6. The Morgan fingerprint density at radius 2 is 0.393 bits per heavy atom. The van der Waals surface area contributed by atoms with E-state index < -0.39 is 0 Å². The van der Waals surface area contributed by atoms with E-state index in [2.05, 4.69) is 20.8 Å². The second-order valence-electron chi connectivity index (χ2n) is 19.0. The molecule has 0 amide bonds. The van der Waals surface area contributed by atoms with Gasteiger partial charge in [0.05, 0.1) is 5.92 Å². The average Bonchev–Trinajstić information content (AvgIpc) is 3.26. The van der Waals surface area contributed by atoms with Crippen molar-refractivity contribution in [3.63, 3.8) is 0 Å². The number of rotatable bonds is 51. The second-order valence-corrected chi connectivity index (χ2v) is 19.0. The summed E-state index contributed by atoms with van der Waals surface area (Å²) in [6.45, 7) is 7.14. The molecule has 0 fully saturated rings. The highest BCUT2D eigenvalue weighted by atomic mass is 16.6. The Labute approximate surface area is 380 Å². The molecule has 0 bridgehead atoms. The van der Waals surface area contributed by atoms with Gasteiger partial charge in [0.2, 0.25) is 0 Å². The van der Waals surface area contributed by atoms with Crippen molar-refractivity contribution in [2.75, 3.05) is 19.8 Å². The molecule has 0 aromatic heterocycles. The Balaban J connectivity index is 4.30. The molecule has 0 saturated carbocycles. The lowest BCUT2D eigenvalue weighted by molar-refractivity contribution is -0.153. The molecule has 0 spiro atoms. The van der Waals surface area contributed by atoms with Crippen molar-refractivity contribution in [3.05, 3.63) is 0 Å². The van der Waals surface area contributed by atoms with Crippen LogP contribution in [0.3, 0.4) is 0 Å². The molecule has 0 N–H and O–H groups in total. The van der Waals surface area contributed by atoms with Gasteiger partial charge in [-0.1, -0.05) is 271 Å². The van der Waals surface area contributed by atoms with E-state index in [9.17, 15) is 14.4 Å². The van der Waals surface area contributed by atoms with Crippen molar-refractivity contribution in [3.8, 4) is 0 Å². The van der Waals surface area contributed by atoms with Gasteiger partial charge >= 0.3 is 17.9 Å². The molecule has 362 valence electrons. The smallest absolute Gasteiger partial charge is 0.305 e. The van der Waals surface area contributed by atoms with Crippen LogP contribution >= 0.6 is 0 Å². The average molecular weight is 863 g/mol. The lowest BCUT2D eigenvalue weighted by atomic mass is 10.0. The molecule has 0 radical (unpaired) electrons. The van der Waals surface area contributed by atoms with Gasteiger partial charge in [-0.15, -0.1) is 0 Å². The predicted molar refractivity (Wildman–Crippen MR) is 261 cm³/mol. The normalized spacial score (nSPS) is 11.4. The highest BCUT2D eigenvalue weighted by Gasteiger charge is 2.18. The van der Waals surface area contributed by atoms with Crippen LogP contribution in [0.4, 0.5) is 0 Å². The maximum atomic E-state index is 12.6. The largest absolute Gasteiger partial charge is 0.465 e. The van der Waals surface area contributed by atoms with Gasteiger partial charge in [0.25, 0.3) is 0 Å². The van der Waals surface area contributed by atoms with Crippen molar-refractivity contribution < 1.29 is 28.6 Å². The van der Waals surface area contributed by atoms with E-state index in [-0.39, 0.29) is 43.6 Å². The van der Waals surface area contributed by atoms with E-state index in [0.717, 1.165) is 57.8 Å². The molecule has 0 aromatic rings. The third-order valence-corrected chi connectivity index (χ3v) is 12.6. The quantitative estimate of drug-likeness (QED) is 0.0344. The highest BCUT2D eigenvalue weighted by Crippen LogP contribution is 2.17. The Morgan fingerprint density at radius 1 is 0.246 bits per heavy atom. The van der Waals surface area contributed by atoms with Gasteiger partial charge in [-0.3, -0.25) is 14.4 Å². The van der Waals surface area contributed by atoms with Crippen LogP contribution in [-0.2, 0) is 28.6 Å². The molecule has 0 aliphatic carbocycles. The minimum atomic E-state index is -0.346. The number of ether oxygens (including phenoxy) is 3. The van der Waals surface area contributed by atoms with Crippen LogP contribution in [0, 0.1) is 5.92 Å². The molecule has 0 aliphatic heterocycles. The predicted octanol–water partition coefficient (Wildman–Crippen LogP) is 17.8. The summed E-state index contributed by atoms with van der Waals surface area (Å²) in [5.74, 6) is -0.995. The molecule has 0 rings (SSSR count). The molecule has 0 aliphatic rings. The Morgan fingerprint density at radius 3 is 0.557 bits per heavy atom. The highest BCUT2D eigenvalue weighted by molar-refractivity contribution is 5.70. The van der Waals surface area contributed by atoms with Crippen molar-refractivity contribution >= 4 is 17.9 Å². The van der Waals surface area contributed by atoms with Crippen molar-refractivity contribution in [1.82, 2.24) is 0 Å². The van der Waals surface area contributed by atoms with E-state index in [1.807, 2.05) is 0 Å². The zero-order valence-corrected chi connectivity index (χ0v) is 41.5. The van der Waals surface area contributed by atoms with E-state index in [4.69, 9.17) is 14.2 Å². The molecule has 0 atom stereocenters. The number of hydrogen-bond donors (Lipinski definition) is 0. The lowest BCUT2D eigenvalue weighted by Crippen LogP contribution is -2.26. The maximum Gasteiger partial charge on any atom is 0.305 e. The summed E-state index contributed by atoms with van der Waals surface area (Å²) in [6.07, 6.45) is 54.9. The minimum Gasteiger partial charge on any atom is -0.465 e. The minimum absolute atomic E-state index is 0.107. The second kappa shape index (κ2) is 51.0. The summed E-state index contributed by atoms with van der Waals surface area (Å²) in [7, 11) is 0. The Hall–Kier alpha value is -1.59. The summed E-state index contributed by atoms with van der Waals surface area (Å²) in [5.41, 5.74) is 0. The number of esters is 3.